The molecule has 14 heavy (non-hydrogen) atoms. The van der Waals surface area contributed by atoms with E-state index in [2.05, 4.69) is 13.8 Å². The Morgan fingerprint density at radius 1 is 1.21 bits per heavy atom. The van der Waals surface area contributed by atoms with Crippen LogP contribution in [0.2, 0.25) is 0 Å². The number of rotatable bonds is 2. The molecule has 1 rings (SSSR count). The van der Waals surface area contributed by atoms with Gasteiger partial charge >= 0.3 is 0 Å². The zero-order valence-corrected chi connectivity index (χ0v) is 10.1. The number of Topliss-reactive ketones (excluding diaryl/α,β-unsaturated/α-hetero) is 1. The topological polar surface area (TPSA) is 17.1 Å². The Balaban J connectivity index is 2.54. The van der Waals surface area contributed by atoms with E-state index < -0.39 is 0 Å². The molecule has 0 aromatic rings. The van der Waals surface area contributed by atoms with E-state index in [1.54, 1.807) is 0 Å². The molecule has 82 valence electrons. The first-order chi connectivity index (χ1) is 6.42. The molecule has 1 fully saturated rings. The maximum absolute atomic E-state index is 11.9. The van der Waals surface area contributed by atoms with Crippen LogP contribution in [-0.2, 0) is 4.79 Å². The van der Waals surface area contributed by atoms with E-state index in [1.807, 2.05) is 13.8 Å². The molecule has 0 saturated heterocycles. The van der Waals surface area contributed by atoms with Gasteiger partial charge in [-0.2, -0.15) is 0 Å². The third-order valence-corrected chi connectivity index (χ3v) is 3.55. The highest BCUT2D eigenvalue weighted by molar-refractivity contribution is 5.82. The molecule has 0 bridgehead atoms. The lowest BCUT2D eigenvalue weighted by molar-refractivity contribution is -0.126. The van der Waals surface area contributed by atoms with Crippen molar-refractivity contribution >= 4 is 5.78 Å². The summed E-state index contributed by atoms with van der Waals surface area (Å²) < 4.78 is 0. The summed E-state index contributed by atoms with van der Waals surface area (Å²) in [4.78, 5) is 11.9. The van der Waals surface area contributed by atoms with Crippen LogP contribution in [0.15, 0.2) is 0 Å². The average Bonchev–Trinajstić information content (AvgIpc) is 2.25. The minimum Gasteiger partial charge on any atom is -0.299 e. The van der Waals surface area contributed by atoms with Crippen molar-refractivity contribution < 1.29 is 4.79 Å². The molecule has 0 radical (unpaired) electrons. The van der Waals surface area contributed by atoms with Gasteiger partial charge in [-0.05, 0) is 31.1 Å². The Bertz CT molecular complexity index is 203. The zero-order valence-electron chi connectivity index (χ0n) is 10.1. The minimum atomic E-state index is 0.223. The first-order valence-electron chi connectivity index (χ1n) is 5.96. The van der Waals surface area contributed by atoms with Crippen molar-refractivity contribution in [1.82, 2.24) is 0 Å². The lowest BCUT2D eigenvalue weighted by atomic mass is 9.83. The minimum absolute atomic E-state index is 0.223. The van der Waals surface area contributed by atoms with Crippen molar-refractivity contribution in [3.05, 3.63) is 0 Å². The lowest BCUT2D eigenvalue weighted by Gasteiger charge is -2.22. The van der Waals surface area contributed by atoms with Gasteiger partial charge in [-0.25, -0.2) is 0 Å². The molecule has 0 amide bonds. The van der Waals surface area contributed by atoms with Crippen LogP contribution in [0.3, 0.4) is 0 Å². The molecule has 0 heterocycles. The summed E-state index contributed by atoms with van der Waals surface area (Å²) in [6.07, 6.45) is 5.98. The summed E-state index contributed by atoms with van der Waals surface area (Å²) in [7, 11) is 0. The molecular formula is C13H24O. The highest BCUT2D eigenvalue weighted by Gasteiger charge is 2.28. The summed E-state index contributed by atoms with van der Waals surface area (Å²) in [6, 6.07) is 0. The van der Waals surface area contributed by atoms with Crippen molar-refractivity contribution in [2.75, 3.05) is 0 Å². The number of ketones is 1. The molecule has 0 spiro atoms. The fourth-order valence-electron chi connectivity index (χ4n) is 2.42. The highest BCUT2D eigenvalue weighted by Crippen LogP contribution is 2.37. The fourth-order valence-corrected chi connectivity index (χ4v) is 2.42. The summed E-state index contributed by atoms with van der Waals surface area (Å²) in [5, 5.41) is 0. The van der Waals surface area contributed by atoms with Gasteiger partial charge in [0, 0.05) is 11.8 Å². The molecule has 0 aromatic carbocycles. The van der Waals surface area contributed by atoms with E-state index in [0.717, 1.165) is 12.8 Å². The van der Waals surface area contributed by atoms with E-state index >= 15 is 0 Å². The van der Waals surface area contributed by atoms with Gasteiger partial charge < -0.3 is 0 Å². The number of hydrogen-bond acceptors (Lipinski definition) is 1. The van der Waals surface area contributed by atoms with Crippen LogP contribution in [0, 0.1) is 17.3 Å². The van der Waals surface area contributed by atoms with E-state index in [-0.39, 0.29) is 5.92 Å². The van der Waals surface area contributed by atoms with Crippen LogP contribution < -0.4 is 0 Å². The van der Waals surface area contributed by atoms with Gasteiger partial charge in [0.1, 0.15) is 5.78 Å². The van der Waals surface area contributed by atoms with Crippen molar-refractivity contribution in [3.63, 3.8) is 0 Å². The molecule has 0 N–H and O–H groups in total. The third-order valence-electron chi connectivity index (χ3n) is 3.55. The Hall–Kier alpha value is -0.330. The van der Waals surface area contributed by atoms with Gasteiger partial charge in [-0.15, -0.1) is 0 Å². The third kappa shape index (κ3) is 3.11. The fraction of sp³-hybridized carbons (Fsp3) is 0.923. The molecular weight excluding hydrogens is 172 g/mol. The maximum Gasteiger partial charge on any atom is 0.138 e. The summed E-state index contributed by atoms with van der Waals surface area (Å²) in [6.45, 7) is 8.71. The van der Waals surface area contributed by atoms with Crippen LogP contribution >= 0.6 is 0 Å². The molecule has 1 atom stereocenters. The average molecular weight is 196 g/mol. The van der Waals surface area contributed by atoms with Gasteiger partial charge in [0.05, 0.1) is 0 Å². The molecule has 1 nitrogen and oxygen atoms in total. The van der Waals surface area contributed by atoms with Crippen molar-refractivity contribution in [3.8, 4) is 0 Å². The van der Waals surface area contributed by atoms with Gasteiger partial charge in [0.15, 0.2) is 0 Å². The van der Waals surface area contributed by atoms with Gasteiger partial charge in [0.25, 0.3) is 0 Å². The van der Waals surface area contributed by atoms with Crippen LogP contribution in [-0.4, -0.2) is 5.78 Å². The predicted molar refractivity (Wildman–Crippen MR) is 60.2 cm³/mol. The van der Waals surface area contributed by atoms with Crippen molar-refractivity contribution in [2.45, 2.75) is 59.8 Å². The quantitative estimate of drug-likeness (QED) is 0.614. The SMILES string of the molecule is CC(C)C(=O)C1CCCC(C)(C)CC1. The highest BCUT2D eigenvalue weighted by atomic mass is 16.1. The monoisotopic (exact) mass is 196 g/mol. The Kier molecular flexibility index (Phi) is 3.74. The van der Waals surface area contributed by atoms with Crippen molar-refractivity contribution in [2.24, 2.45) is 17.3 Å². The molecule has 0 aliphatic heterocycles. The van der Waals surface area contributed by atoms with E-state index in [1.165, 1.54) is 19.3 Å². The van der Waals surface area contributed by atoms with Gasteiger partial charge in [-0.1, -0.05) is 34.1 Å². The Labute approximate surface area is 88.3 Å². The summed E-state index contributed by atoms with van der Waals surface area (Å²) >= 11 is 0. The van der Waals surface area contributed by atoms with Crippen LogP contribution in [0.4, 0.5) is 0 Å². The number of hydrogen-bond donors (Lipinski definition) is 0. The van der Waals surface area contributed by atoms with E-state index in [0.29, 0.717) is 17.1 Å². The second-order valence-electron chi connectivity index (χ2n) is 5.85. The Morgan fingerprint density at radius 2 is 1.86 bits per heavy atom. The standard InChI is InChI=1S/C13H24O/c1-10(2)12(14)11-6-5-8-13(3,4)9-7-11/h10-11H,5-9H2,1-4H3. The van der Waals surface area contributed by atoms with E-state index in [9.17, 15) is 4.79 Å². The first kappa shape index (κ1) is 11.7. The normalized spacial score (nSPS) is 27.4. The number of carbonyl (C=O) groups is 1. The van der Waals surface area contributed by atoms with Crippen LogP contribution in [0.1, 0.15) is 59.8 Å². The summed E-state index contributed by atoms with van der Waals surface area (Å²) in [5.41, 5.74) is 0.464. The molecule has 1 aliphatic carbocycles. The summed E-state index contributed by atoms with van der Waals surface area (Å²) in [5.74, 6) is 1.07. The van der Waals surface area contributed by atoms with Crippen LogP contribution in [0.25, 0.3) is 0 Å². The van der Waals surface area contributed by atoms with Gasteiger partial charge in [-0.3, -0.25) is 4.79 Å². The molecule has 0 aromatic heterocycles. The van der Waals surface area contributed by atoms with Crippen LogP contribution in [0.5, 0.6) is 0 Å². The molecule has 1 heteroatoms. The second-order valence-corrected chi connectivity index (χ2v) is 5.85. The molecule has 1 unspecified atom stereocenters. The Morgan fingerprint density at radius 3 is 2.43 bits per heavy atom. The van der Waals surface area contributed by atoms with E-state index in [4.69, 9.17) is 0 Å². The number of carbonyl (C=O) groups excluding carboxylic acids is 1. The maximum atomic E-state index is 11.9. The van der Waals surface area contributed by atoms with Gasteiger partial charge in [0.2, 0.25) is 0 Å². The zero-order chi connectivity index (χ0) is 10.8. The first-order valence-corrected chi connectivity index (χ1v) is 5.96. The lowest BCUT2D eigenvalue weighted by Crippen LogP contribution is -2.19. The molecule has 1 aliphatic rings. The molecule has 1 saturated carbocycles. The largest absolute Gasteiger partial charge is 0.299 e. The predicted octanol–water partition coefficient (Wildman–Crippen LogP) is 3.82. The smallest absolute Gasteiger partial charge is 0.138 e. The van der Waals surface area contributed by atoms with Crippen molar-refractivity contribution in [1.29, 1.82) is 0 Å². The second kappa shape index (κ2) is 4.46.